The minimum atomic E-state index is -3.70. The van der Waals surface area contributed by atoms with Crippen molar-refractivity contribution in [2.75, 3.05) is 26.5 Å². The van der Waals surface area contributed by atoms with Crippen molar-refractivity contribution in [2.24, 2.45) is 0 Å². The highest BCUT2D eigenvalue weighted by Crippen LogP contribution is 2.28. The van der Waals surface area contributed by atoms with Crippen LogP contribution in [0.4, 0.5) is 4.39 Å². The molecule has 0 aromatic heterocycles. The van der Waals surface area contributed by atoms with Crippen LogP contribution in [-0.4, -0.2) is 34.9 Å². The van der Waals surface area contributed by atoms with Gasteiger partial charge in [-0.05, 0) is 48.6 Å². The summed E-state index contributed by atoms with van der Waals surface area (Å²) in [6, 6.07) is 10.8. The monoisotopic (exact) mass is 385 g/mol. The Kier molecular flexibility index (Phi) is 7.10. The minimum Gasteiger partial charge on any atom is -0.497 e. The smallest absolute Gasteiger partial charge is 0.244 e. The Hall–Kier alpha value is -1.77. The number of halogens is 1. The molecule has 0 bridgehead atoms. The maximum atomic E-state index is 12.8. The van der Waals surface area contributed by atoms with Gasteiger partial charge < -0.3 is 9.47 Å². The molecule has 0 aliphatic rings. The average Bonchev–Trinajstić information content (AvgIpc) is 2.62. The molecule has 0 saturated heterocycles. The maximum absolute atomic E-state index is 12.8. The fourth-order valence-electron chi connectivity index (χ4n) is 2.07. The van der Waals surface area contributed by atoms with E-state index < -0.39 is 10.0 Å². The zero-order chi connectivity index (χ0) is 18.3. The molecule has 136 valence electrons. The first-order chi connectivity index (χ1) is 12.0. The molecule has 2 rings (SSSR count). The van der Waals surface area contributed by atoms with Gasteiger partial charge in [0.05, 0.1) is 14.2 Å². The normalized spacial score (nSPS) is 11.3. The average molecular weight is 385 g/mol. The second-order valence-corrected chi connectivity index (χ2v) is 7.97. The van der Waals surface area contributed by atoms with Gasteiger partial charge in [0, 0.05) is 17.5 Å². The molecule has 8 heteroatoms. The van der Waals surface area contributed by atoms with Crippen molar-refractivity contribution in [3.05, 3.63) is 48.3 Å². The van der Waals surface area contributed by atoms with Gasteiger partial charge in [-0.15, -0.1) is 11.8 Å². The number of hydrogen-bond acceptors (Lipinski definition) is 5. The lowest BCUT2D eigenvalue weighted by Gasteiger charge is -2.12. The van der Waals surface area contributed by atoms with Crippen LogP contribution in [0.25, 0.3) is 0 Å². The second kappa shape index (κ2) is 9.07. The maximum Gasteiger partial charge on any atom is 0.244 e. The highest BCUT2D eigenvalue weighted by Gasteiger charge is 2.20. The number of hydrogen-bond donors (Lipinski definition) is 1. The molecule has 0 fully saturated rings. The number of rotatable bonds is 9. The van der Waals surface area contributed by atoms with Crippen molar-refractivity contribution in [1.82, 2.24) is 4.72 Å². The van der Waals surface area contributed by atoms with Crippen molar-refractivity contribution >= 4 is 21.8 Å². The van der Waals surface area contributed by atoms with Gasteiger partial charge in [-0.2, -0.15) is 0 Å². The van der Waals surface area contributed by atoms with E-state index in [1.165, 1.54) is 32.4 Å². The molecule has 0 unspecified atom stereocenters. The van der Waals surface area contributed by atoms with E-state index >= 15 is 0 Å². The van der Waals surface area contributed by atoms with Crippen molar-refractivity contribution in [3.8, 4) is 11.5 Å². The van der Waals surface area contributed by atoms with Crippen LogP contribution in [0.1, 0.15) is 6.42 Å². The van der Waals surface area contributed by atoms with Gasteiger partial charge in [-0.1, -0.05) is 0 Å². The largest absolute Gasteiger partial charge is 0.497 e. The lowest BCUT2D eigenvalue weighted by atomic mass is 10.3. The summed E-state index contributed by atoms with van der Waals surface area (Å²) in [6.07, 6.45) is 0.632. The lowest BCUT2D eigenvalue weighted by molar-refractivity contribution is 0.392. The van der Waals surface area contributed by atoms with Crippen LogP contribution < -0.4 is 14.2 Å². The quantitative estimate of drug-likeness (QED) is 0.530. The summed E-state index contributed by atoms with van der Waals surface area (Å²) in [5.41, 5.74) is 0. The molecule has 0 saturated carbocycles. The van der Waals surface area contributed by atoms with E-state index in [1.54, 1.807) is 36.0 Å². The number of nitrogens with one attached hydrogen (secondary N) is 1. The van der Waals surface area contributed by atoms with E-state index in [0.717, 1.165) is 4.90 Å². The Morgan fingerprint density at radius 2 is 1.80 bits per heavy atom. The summed E-state index contributed by atoms with van der Waals surface area (Å²) in [4.78, 5) is 0.985. The van der Waals surface area contributed by atoms with Crippen LogP contribution in [0.15, 0.2) is 52.3 Å². The van der Waals surface area contributed by atoms with Crippen molar-refractivity contribution in [3.63, 3.8) is 0 Å². The molecule has 2 aromatic carbocycles. The highest BCUT2D eigenvalue weighted by molar-refractivity contribution is 7.99. The van der Waals surface area contributed by atoms with Crippen LogP contribution in [0.5, 0.6) is 11.5 Å². The van der Waals surface area contributed by atoms with Crippen LogP contribution in [0, 0.1) is 5.82 Å². The van der Waals surface area contributed by atoms with Gasteiger partial charge in [-0.25, -0.2) is 17.5 Å². The molecule has 0 aliphatic carbocycles. The van der Waals surface area contributed by atoms with Gasteiger partial charge in [0.25, 0.3) is 0 Å². The molecule has 5 nitrogen and oxygen atoms in total. The van der Waals surface area contributed by atoms with Crippen LogP contribution >= 0.6 is 11.8 Å². The number of benzene rings is 2. The molecule has 0 heterocycles. The Balaban J connectivity index is 1.90. The van der Waals surface area contributed by atoms with Crippen LogP contribution in [0.3, 0.4) is 0 Å². The number of sulfonamides is 1. The molecular weight excluding hydrogens is 365 g/mol. The lowest BCUT2D eigenvalue weighted by Crippen LogP contribution is -2.25. The first-order valence-electron chi connectivity index (χ1n) is 7.56. The molecule has 2 aromatic rings. The molecule has 0 amide bonds. The summed E-state index contributed by atoms with van der Waals surface area (Å²) < 4.78 is 50.5. The topological polar surface area (TPSA) is 64.6 Å². The first kappa shape index (κ1) is 19.6. The molecule has 25 heavy (non-hydrogen) atoms. The van der Waals surface area contributed by atoms with Crippen molar-refractivity contribution in [2.45, 2.75) is 16.2 Å². The van der Waals surface area contributed by atoms with Crippen molar-refractivity contribution < 1.29 is 22.3 Å². The van der Waals surface area contributed by atoms with Crippen LogP contribution in [-0.2, 0) is 10.0 Å². The minimum absolute atomic E-state index is 0.0422. The van der Waals surface area contributed by atoms with Gasteiger partial charge in [0.2, 0.25) is 10.0 Å². The van der Waals surface area contributed by atoms with E-state index in [2.05, 4.69) is 4.72 Å². The van der Waals surface area contributed by atoms with E-state index in [-0.39, 0.29) is 23.0 Å². The zero-order valence-electron chi connectivity index (χ0n) is 14.0. The Morgan fingerprint density at radius 3 is 2.44 bits per heavy atom. The summed E-state index contributed by atoms with van der Waals surface area (Å²) in [6.45, 7) is 0.289. The van der Waals surface area contributed by atoms with E-state index in [4.69, 9.17) is 9.47 Å². The second-order valence-electron chi connectivity index (χ2n) is 5.07. The van der Waals surface area contributed by atoms with Gasteiger partial charge in [0.15, 0.2) is 0 Å². The Bertz CT molecular complexity index is 795. The van der Waals surface area contributed by atoms with Gasteiger partial charge in [-0.3, -0.25) is 0 Å². The van der Waals surface area contributed by atoms with E-state index in [0.29, 0.717) is 17.9 Å². The Morgan fingerprint density at radius 1 is 1.08 bits per heavy atom. The first-order valence-corrected chi connectivity index (χ1v) is 10.0. The summed E-state index contributed by atoms with van der Waals surface area (Å²) in [5, 5.41) is 0. The molecule has 0 spiro atoms. The van der Waals surface area contributed by atoms with Crippen LogP contribution in [0.2, 0.25) is 0 Å². The molecule has 0 radical (unpaired) electrons. The summed E-state index contributed by atoms with van der Waals surface area (Å²) in [5.74, 6) is 1.13. The zero-order valence-corrected chi connectivity index (χ0v) is 15.6. The third-order valence-electron chi connectivity index (χ3n) is 3.36. The number of methoxy groups -OCH3 is 2. The molecule has 1 N–H and O–H groups in total. The molecule has 0 atom stereocenters. The van der Waals surface area contributed by atoms with Gasteiger partial charge in [0.1, 0.15) is 22.2 Å². The standard InChI is InChI=1S/C17H20FNO4S2/c1-22-14-6-9-16(23-2)17(12-14)25(20,21)19-10-3-11-24-15-7-4-13(18)5-8-15/h4-9,12,19H,3,10-11H2,1-2H3. The van der Waals surface area contributed by atoms with Gasteiger partial charge >= 0.3 is 0 Å². The molecule has 0 aliphatic heterocycles. The predicted molar refractivity (Wildman–Crippen MR) is 96.5 cm³/mol. The highest BCUT2D eigenvalue weighted by atomic mass is 32.2. The summed E-state index contributed by atoms with van der Waals surface area (Å²) >= 11 is 1.54. The Labute approximate surface area is 151 Å². The number of ether oxygens (including phenoxy) is 2. The van der Waals surface area contributed by atoms with E-state index in [1.807, 2.05) is 0 Å². The molecular formula is C17H20FNO4S2. The summed E-state index contributed by atoms with van der Waals surface area (Å²) in [7, 11) is -0.813. The third kappa shape index (κ3) is 5.62. The van der Waals surface area contributed by atoms with E-state index in [9.17, 15) is 12.8 Å². The third-order valence-corrected chi connectivity index (χ3v) is 5.94. The SMILES string of the molecule is COc1ccc(OC)c(S(=O)(=O)NCCCSc2ccc(F)cc2)c1. The fraction of sp³-hybridized carbons (Fsp3) is 0.294. The fourth-order valence-corrected chi connectivity index (χ4v) is 4.18. The number of thioether (sulfide) groups is 1. The van der Waals surface area contributed by atoms with Crippen molar-refractivity contribution in [1.29, 1.82) is 0 Å². The predicted octanol–water partition coefficient (Wildman–Crippen LogP) is 3.30.